The number of aromatic nitrogens is 1. The Kier molecular flexibility index (Phi) is 8.06. The highest BCUT2D eigenvalue weighted by atomic mass is 14.6. The molecule has 0 aliphatic heterocycles. The molecule has 0 unspecified atom stereocenters. The van der Waals surface area contributed by atoms with Gasteiger partial charge in [0.1, 0.15) is 0 Å². The monoisotopic (exact) mass is 604 g/mol. The molecule has 1 heterocycles. The molecule has 0 saturated carbocycles. The summed E-state index contributed by atoms with van der Waals surface area (Å²) in [6.45, 7) is 0. The average Bonchev–Trinajstić information content (AvgIpc) is 3.13. The molecule has 4 heteroatoms. The van der Waals surface area contributed by atoms with Gasteiger partial charge in [-0.2, -0.15) is 0 Å². The third-order valence-corrected chi connectivity index (χ3v) is 8.43. The van der Waals surface area contributed by atoms with Crippen LogP contribution < -0.4 is 5.73 Å². The SMILES string of the molecule is N=C1C=CC(c2ccc3c(-c4ccccc4)c4ccccc4c(-c4ccccc4)c3c2)=CC1=N.Nc1ccc(-c2ccncc2)cc1. The molecule has 8 rings (SSSR count). The highest BCUT2D eigenvalue weighted by molar-refractivity contribution is 6.50. The molecule has 47 heavy (non-hydrogen) atoms. The Labute approximate surface area is 274 Å². The first-order valence-electron chi connectivity index (χ1n) is 15.5. The van der Waals surface area contributed by atoms with Crippen LogP contribution >= 0.6 is 0 Å². The Bertz CT molecular complexity index is 2300. The normalized spacial score (nSPS) is 12.5. The maximum absolute atomic E-state index is 8.12. The van der Waals surface area contributed by atoms with Crippen molar-refractivity contribution in [3.05, 3.63) is 176 Å². The number of fused-ring (bicyclic) bond motifs is 2. The molecule has 224 valence electrons. The number of hydrogen-bond donors (Lipinski definition) is 3. The van der Waals surface area contributed by atoms with Crippen LogP contribution in [0.2, 0.25) is 0 Å². The molecule has 1 aliphatic rings. The van der Waals surface area contributed by atoms with E-state index >= 15 is 0 Å². The summed E-state index contributed by atoms with van der Waals surface area (Å²) in [4.78, 5) is 3.96. The zero-order chi connectivity index (χ0) is 32.2. The molecular weight excluding hydrogens is 573 g/mol. The maximum Gasteiger partial charge on any atom is 0.0795 e. The minimum absolute atomic E-state index is 0.240. The molecule has 7 aromatic rings. The molecule has 0 fully saturated rings. The Balaban J connectivity index is 0.000000226. The van der Waals surface area contributed by atoms with E-state index in [-0.39, 0.29) is 11.4 Å². The molecule has 4 N–H and O–H groups in total. The van der Waals surface area contributed by atoms with Crippen LogP contribution in [0.3, 0.4) is 0 Å². The smallest absolute Gasteiger partial charge is 0.0795 e. The van der Waals surface area contributed by atoms with E-state index in [1.54, 1.807) is 24.5 Å². The van der Waals surface area contributed by atoms with Gasteiger partial charge >= 0.3 is 0 Å². The lowest BCUT2D eigenvalue weighted by Gasteiger charge is -2.19. The Hall–Kier alpha value is -6.39. The Morgan fingerprint density at radius 1 is 0.426 bits per heavy atom. The second kappa shape index (κ2) is 12.9. The Morgan fingerprint density at radius 3 is 1.53 bits per heavy atom. The summed E-state index contributed by atoms with van der Waals surface area (Å²) in [5, 5.41) is 20.8. The minimum atomic E-state index is 0.240. The number of nitrogen functional groups attached to an aromatic ring is 1. The van der Waals surface area contributed by atoms with Gasteiger partial charge in [0.15, 0.2) is 0 Å². The molecule has 0 bridgehead atoms. The highest BCUT2D eigenvalue weighted by Crippen LogP contribution is 2.44. The first-order valence-corrected chi connectivity index (χ1v) is 15.5. The lowest BCUT2D eigenvalue weighted by atomic mass is 9.84. The number of rotatable bonds is 4. The number of nitrogens with two attached hydrogens (primary N) is 1. The zero-order valence-corrected chi connectivity index (χ0v) is 25.7. The van der Waals surface area contributed by atoms with Gasteiger partial charge in [0.25, 0.3) is 0 Å². The molecule has 0 spiro atoms. The molecule has 1 aromatic heterocycles. The molecule has 0 amide bonds. The van der Waals surface area contributed by atoms with Crippen molar-refractivity contribution in [1.82, 2.24) is 4.98 Å². The van der Waals surface area contributed by atoms with Crippen LogP contribution in [0.4, 0.5) is 5.69 Å². The van der Waals surface area contributed by atoms with Gasteiger partial charge in [-0.15, -0.1) is 0 Å². The second-order valence-corrected chi connectivity index (χ2v) is 11.4. The topological polar surface area (TPSA) is 86.6 Å². The van der Waals surface area contributed by atoms with E-state index in [0.29, 0.717) is 0 Å². The number of anilines is 1. The summed E-state index contributed by atoms with van der Waals surface area (Å²) in [6, 6.07) is 48.2. The lowest BCUT2D eigenvalue weighted by molar-refractivity contribution is 1.33. The number of nitrogens with zero attached hydrogens (tertiary/aromatic N) is 1. The maximum atomic E-state index is 8.12. The van der Waals surface area contributed by atoms with Crippen LogP contribution in [-0.4, -0.2) is 16.4 Å². The van der Waals surface area contributed by atoms with Gasteiger partial charge in [0.2, 0.25) is 0 Å². The Morgan fingerprint density at radius 2 is 0.936 bits per heavy atom. The molecular formula is C43H32N4. The lowest BCUT2D eigenvalue weighted by Crippen LogP contribution is -2.09. The highest BCUT2D eigenvalue weighted by Gasteiger charge is 2.18. The average molecular weight is 605 g/mol. The van der Waals surface area contributed by atoms with E-state index in [4.69, 9.17) is 16.6 Å². The van der Waals surface area contributed by atoms with Gasteiger partial charge in [0, 0.05) is 18.1 Å². The summed E-state index contributed by atoms with van der Waals surface area (Å²) in [5.41, 5.74) is 16.0. The van der Waals surface area contributed by atoms with Crippen LogP contribution in [0.15, 0.2) is 170 Å². The molecule has 6 aromatic carbocycles. The van der Waals surface area contributed by atoms with E-state index in [1.165, 1.54) is 43.8 Å². The summed E-state index contributed by atoms with van der Waals surface area (Å²) >= 11 is 0. The van der Waals surface area contributed by atoms with Crippen molar-refractivity contribution in [2.45, 2.75) is 0 Å². The fraction of sp³-hybridized carbons (Fsp3) is 0. The summed E-state index contributed by atoms with van der Waals surface area (Å²) in [6.07, 6.45) is 8.99. The van der Waals surface area contributed by atoms with Gasteiger partial charge < -0.3 is 5.73 Å². The van der Waals surface area contributed by atoms with Gasteiger partial charge in [-0.1, -0.05) is 115 Å². The fourth-order valence-electron chi connectivity index (χ4n) is 6.13. The number of allylic oxidation sites excluding steroid dienone is 4. The van der Waals surface area contributed by atoms with E-state index in [0.717, 1.165) is 28.0 Å². The van der Waals surface area contributed by atoms with Crippen molar-refractivity contribution < 1.29 is 0 Å². The summed E-state index contributed by atoms with van der Waals surface area (Å²) < 4.78 is 0. The van der Waals surface area contributed by atoms with Crippen LogP contribution in [0.1, 0.15) is 5.56 Å². The fourth-order valence-corrected chi connectivity index (χ4v) is 6.13. The van der Waals surface area contributed by atoms with E-state index < -0.39 is 0 Å². The number of benzene rings is 6. The third-order valence-electron chi connectivity index (χ3n) is 8.43. The van der Waals surface area contributed by atoms with Crippen molar-refractivity contribution in [2.24, 2.45) is 0 Å². The van der Waals surface area contributed by atoms with Gasteiger partial charge in [-0.3, -0.25) is 15.8 Å². The summed E-state index contributed by atoms with van der Waals surface area (Å²) in [5.74, 6) is 0. The first kappa shape index (κ1) is 29.3. The summed E-state index contributed by atoms with van der Waals surface area (Å²) in [7, 11) is 0. The van der Waals surface area contributed by atoms with Crippen LogP contribution in [0, 0.1) is 10.8 Å². The zero-order valence-electron chi connectivity index (χ0n) is 25.7. The van der Waals surface area contributed by atoms with Crippen molar-refractivity contribution >= 4 is 44.2 Å². The number of pyridine rings is 1. The molecule has 4 nitrogen and oxygen atoms in total. The quantitative estimate of drug-likeness (QED) is 0.106. The van der Waals surface area contributed by atoms with Crippen molar-refractivity contribution in [1.29, 1.82) is 10.8 Å². The van der Waals surface area contributed by atoms with E-state index in [2.05, 4.69) is 108 Å². The predicted octanol–water partition coefficient (Wildman–Crippen LogP) is 10.7. The molecule has 0 radical (unpaired) electrons. The number of hydrogen-bond acceptors (Lipinski definition) is 4. The van der Waals surface area contributed by atoms with Crippen molar-refractivity contribution in [3.63, 3.8) is 0 Å². The molecule has 1 aliphatic carbocycles. The van der Waals surface area contributed by atoms with Crippen LogP contribution in [-0.2, 0) is 0 Å². The van der Waals surface area contributed by atoms with Gasteiger partial charge in [0.05, 0.1) is 11.4 Å². The first-order chi connectivity index (χ1) is 23.1. The molecule has 0 atom stereocenters. The predicted molar refractivity (Wildman–Crippen MR) is 199 cm³/mol. The second-order valence-electron chi connectivity index (χ2n) is 11.4. The molecule has 0 saturated heterocycles. The van der Waals surface area contributed by atoms with E-state index in [9.17, 15) is 0 Å². The van der Waals surface area contributed by atoms with Crippen molar-refractivity contribution in [2.75, 3.05) is 5.73 Å². The van der Waals surface area contributed by atoms with Crippen LogP contribution in [0.25, 0.3) is 60.5 Å². The standard InChI is InChI=1S/C32H22N2.C11H10N2/c33-29-18-16-24(20-30(29)34)23-15-17-27-28(19-23)32(22-11-5-2-6-12-22)26-14-8-7-13-25(26)31(27)21-9-3-1-4-10-21;12-11-3-1-9(2-4-11)10-5-7-13-8-6-10/h1-20,33-34H;1-8H,12H2. The van der Waals surface area contributed by atoms with E-state index in [1.807, 2.05) is 42.5 Å². The number of nitrogens with one attached hydrogen (secondary N) is 2. The van der Waals surface area contributed by atoms with Gasteiger partial charge in [-0.25, -0.2) is 0 Å². The van der Waals surface area contributed by atoms with Crippen molar-refractivity contribution in [3.8, 4) is 33.4 Å². The van der Waals surface area contributed by atoms with Gasteiger partial charge in [-0.05, 0) is 109 Å². The minimum Gasteiger partial charge on any atom is -0.399 e. The van der Waals surface area contributed by atoms with Crippen LogP contribution in [0.5, 0.6) is 0 Å². The third kappa shape index (κ3) is 6.00. The largest absolute Gasteiger partial charge is 0.399 e.